The minimum Gasteiger partial charge on any atom is -0.366 e. The van der Waals surface area contributed by atoms with Crippen molar-refractivity contribution in [1.29, 1.82) is 0 Å². The van der Waals surface area contributed by atoms with Crippen LogP contribution in [0, 0.1) is 10.1 Å². The first-order valence-electron chi connectivity index (χ1n) is 6.95. The molecule has 1 saturated heterocycles. The van der Waals surface area contributed by atoms with Crippen LogP contribution in [0.2, 0.25) is 5.02 Å². The minimum atomic E-state index is -0.312. The number of nitro benzene ring substituents is 1. The van der Waals surface area contributed by atoms with E-state index in [1.54, 1.807) is 12.1 Å². The van der Waals surface area contributed by atoms with E-state index in [1.807, 2.05) is 30.3 Å². The average Bonchev–Trinajstić information content (AvgIpc) is 3.01. The Hall–Kier alpha value is -2.07. The normalized spacial score (nSPS) is 14.4. The van der Waals surface area contributed by atoms with Gasteiger partial charge in [0.1, 0.15) is 5.69 Å². The van der Waals surface area contributed by atoms with E-state index < -0.39 is 0 Å². The Morgan fingerprint density at radius 2 is 1.81 bits per heavy atom. The largest absolute Gasteiger partial charge is 0.366 e. The van der Waals surface area contributed by atoms with Crippen LogP contribution in [0.3, 0.4) is 0 Å². The topological polar surface area (TPSA) is 46.4 Å². The Bertz CT molecular complexity index is 682. The van der Waals surface area contributed by atoms with Crippen molar-refractivity contribution in [2.45, 2.75) is 12.8 Å². The molecule has 3 rings (SSSR count). The number of nitro groups is 1. The molecular weight excluding hydrogens is 288 g/mol. The molecule has 21 heavy (non-hydrogen) atoms. The second-order valence-electron chi connectivity index (χ2n) is 5.13. The maximum absolute atomic E-state index is 11.4. The molecule has 0 radical (unpaired) electrons. The van der Waals surface area contributed by atoms with Gasteiger partial charge in [0.05, 0.1) is 4.92 Å². The maximum atomic E-state index is 11.4. The molecule has 0 amide bonds. The van der Waals surface area contributed by atoms with Crippen LogP contribution in [-0.2, 0) is 0 Å². The predicted octanol–water partition coefficient (Wildman–Crippen LogP) is 4.52. The lowest BCUT2D eigenvalue weighted by molar-refractivity contribution is -0.384. The van der Waals surface area contributed by atoms with E-state index in [-0.39, 0.29) is 10.6 Å². The van der Waals surface area contributed by atoms with Gasteiger partial charge in [-0.25, -0.2) is 0 Å². The molecular formula is C16H15ClN2O2. The summed E-state index contributed by atoms with van der Waals surface area (Å²) in [7, 11) is 0. The van der Waals surface area contributed by atoms with E-state index in [4.69, 9.17) is 11.6 Å². The zero-order chi connectivity index (χ0) is 14.8. The fourth-order valence-corrected chi connectivity index (χ4v) is 3.00. The van der Waals surface area contributed by atoms with E-state index in [0.29, 0.717) is 10.7 Å². The molecule has 0 N–H and O–H groups in total. The van der Waals surface area contributed by atoms with E-state index in [2.05, 4.69) is 4.90 Å². The van der Waals surface area contributed by atoms with E-state index >= 15 is 0 Å². The summed E-state index contributed by atoms with van der Waals surface area (Å²) < 4.78 is 0. The third-order valence-corrected chi connectivity index (χ3v) is 4.13. The monoisotopic (exact) mass is 302 g/mol. The fourth-order valence-electron chi connectivity index (χ4n) is 2.76. The Morgan fingerprint density at radius 3 is 2.48 bits per heavy atom. The number of nitrogens with zero attached hydrogens (tertiary/aromatic N) is 2. The van der Waals surface area contributed by atoms with Gasteiger partial charge < -0.3 is 4.90 Å². The summed E-state index contributed by atoms with van der Waals surface area (Å²) in [6.07, 6.45) is 2.17. The zero-order valence-electron chi connectivity index (χ0n) is 11.5. The van der Waals surface area contributed by atoms with Gasteiger partial charge in [-0.2, -0.15) is 0 Å². The molecule has 5 heteroatoms. The standard InChI is InChI=1S/C16H15ClN2O2/c17-14-6-2-1-5-13(14)12-7-8-15(16(11-12)19(20)21)18-9-3-4-10-18/h1-2,5-8,11H,3-4,9-10H2. The van der Waals surface area contributed by atoms with Crippen molar-refractivity contribution in [2.24, 2.45) is 0 Å². The van der Waals surface area contributed by atoms with Crippen LogP contribution < -0.4 is 4.90 Å². The highest BCUT2D eigenvalue weighted by Crippen LogP contribution is 2.36. The van der Waals surface area contributed by atoms with Crippen LogP contribution >= 0.6 is 11.6 Å². The van der Waals surface area contributed by atoms with Crippen molar-refractivity contribution in [3.05, 3.63) is 57.6 Å². The van der Waals surface area contributed by atoms with Crippen molar-refractivity contribution in [1.82, 2.24) is 0 Å². The van der Waals surface area contributed by atoms with Crippen molar-refractivity contribution >= 4 is 23.0 Å². The minimum absolute atomic E-state index is 0.148. The molecule has 0 atom stereocenters. The molecule has 1 aliphatic rings. The quantitative estimate of drug-likeness (QED) is 0.619. The van der Waals surface area contributed by atoms with Crippen molar-refractivity contribution in [3.63, 3.8) is 0 Å². The fraction of sp³-hybridized carbons (Fsp3) is 0.250. The summed E-state index contributed by atoms with van der Waals surface area (Å²) in [6.45, 7) is 1.76. The molecule has 4 nitrogen and oxygen atoms in total. The van der Waals surface area contributed by atoms with Crippen molar-refractivity contribution < 1.29 is 4.92 Å². The SMILES string of the molecule is O=[N+]([O-])c1cc(-c2ccccc2Cl)ccc1N1CCCC1. The predicted molar refractivity (Wildman–Crippen MR) is 85.0 cm³/mol. The molecule has 0 saturated carbocycles. The average molecular weight is 303 g/mol. The third-order valence-electron chi connectivity index (χ3n) is 3.80. The molecule has 0 aromatic heterocycles. The summed E-state index contributed by atoms with van der Waals surface area (Å²) in [5.41, 5.74) is 2.44. The highest BCUT2D eigenvalue weighted by atomic mass is 35.5. The van der Waals surface area contributed by atoms with Gasteiger partial charge in [-0.15, -0.1) is 0 Å². The third kappa shape index (κ3) is 2.72. The van der Waals surface area contributed by atoms with Gasteiger partial charge in [0.15, 0.2) is 0 Å². The lowest BCUT2D eigenvalue weighted by atomic mass is 10.0. The smallest absolute Gasteiger partial charge is 0.293 e. The van der Waals surface area contributed by atoms with E-state index in [0.717, 1.165) is 37.1 Å². The van der Waals surface area contributed by atoms with Crippen LogP contribution in [0.25, 0.3) is 11.1 Å². The van der Waals surface area contributed by atoms with Gasteiger partial charge in [-0.1, -0.05) is 35.9 Å². The lowest BCUT2D eigenvalue weighted by Gasteiger charge is -2.18. The van der Waals surface area contributed by atoms with Gasteiger partial charge in [0.25, 0.3) is 5.69 Å². The first-order valence-corrected chi connectivity index (χ1v) is 7.33. The zero-order valence-corrected chi connectivity index (χ0v) is 12.2. The molecule has 0 unspecified atom stereocenters. The molecule has 0 bridgehead atoms. The highest BCUT2D eigenvalue weighted by molar-refractivity contribution is 6.33. The molecule has 0 aliphatic carbocycles. The summed E-state index contributed by atoms with van der Waals surface area (Å²) in [6, 6.07) is 12.7. The van der Waals surface area contributed by atoms with Crippen LogP contribution in [0.15, 0.2) is 42.5 Å². The number of hydrogen-bond acceptors (Lipinski definition) is 3. The first kappa shape index (κ1) is 13.9. The Labute approximate surface area is 128 Å². The second kappa shape index (κ2) is 5.74. The van der Waals surface area contributed by atoms with Crippen LogP contribution in [0.5, 0.6) is 0 Å². The number of benzene rings is 2. The summed E-state index contributed by atoms with van der Waals surface area (Å²) >= 11 is 6.18. The number of halogens is 1. The van der Waals surface area contributed by atoms with E-state index in [9.17, 15) is 10.1 Å². The van der Waals surface area contributed by atoms with Gasteiger partial charge in [-0.3, -0.25) is 10.1 Å². The molecule has 1 aliphatic heterocycles. The summed E-state index contributed by atoms with van der Waals surface area (Å²) in [4.78, 5) is 13.2. The molecule has 108 valence electrons. The molecule has 1 heterocycles. The maximum Gasteiger partial charge on any atom is 0.293 e. The molecule has 2 aromatic rings. The van der Waals surface area contributed by atoms with Gasteiger partial charge >= 0.3 is 0 Å². The van der Waals surface area contributed by atoms with Crippen LogP contribution in [0.4, 0.5) is 11.4 Å². The summed E-state index contributed by atoms with van der Waals surface area (Å²) in [5.74, 6) is 0. The Morgan fingerprint density at radius 1 is 1.10 bits per heavy atom. The van der Waals surface area contributed by atoms with Crippen molar-refractivity contribution in [3.8, 4) is 11.1 Å². The molecule has 2 aromatic carbocycles. The second-order valence-corrected chi connectivity index (χ2v) is 5.54. The van der Waals surface area contributed by atoms with Crippen molar-refractivity contribution in [2.75, 3.05) is 18.0 Å². The lowest BCUT2D eigenvalue weighted by Crippen LogP contribution is -2.18. The Balaban J connectivity index is 2.07. The van der Waals surface area contributed by atoms with Gasteiger partial charge in [0.2, 0.25) is 0 Å². The van der Waals surface area contributed by atoms with E-state index in [1.165, 1.54) is 0 Å². The van der Waals surface area contributed by atoms with Crippen LogP contribution in [-0.4, -0.2) is 18.0 Å². The highest BCUT2D eigenvalue weighted by Gasteiger charge is 2.23. The number of rotatable bonds is 3. The number of anilines is 1. The summed E-state index contributed by atoms with van der Waals surface area (Å²) in [5, 5.41) is 12.0. The Kier molecular flexibility index (Phi) is 3.80. The molecule has 1 fully saturated rings. The number of hydrogen-bond donors (Lipinski definition) is 0. The first-order chi connectivity index (χ1) is 10.2. The molecule has 0 spiro atoms. The van der Waals surface area contributed by atoms with Crippen LogP contribution in [0.1, 0.15) is 12.8 Å². The van der Waals surface area contributed by atoms with Gasteiger partial charge in [-0.05, 0) is 30.5 Å². The van der Waals surface area contributed by atoms with Gasteiger partial charge in [0, 0.05) is 29.7 Å².